The van der Waals surface area contributed by atoms with Gasteiger partial charge < -0.3 is 5.73 Å². The Hall–Kier alpha value is -1.34. The average molecular weight is 323 g/mol. The van der Waals surface area contributed by atoms with Crippen molar-refractivity contribution in [2.24, 2.45) is 5.73 Å². The normalized spacial score (nSPS) is 13.8. The van der Waals surface area contributed by atoms with Crippen LogP contribution in [0.4, 0.5) is 0 Å². The summed E-state index contributed by atoms with van der Waals surface area (Å²) in [6.07, 6.45) is 4.01. The van der Waals surface area contributed by atoms with Crippen molar-refractivity contribution in [3.8, 4) is 0 Å². The maximum atomic E-state index is 12.8. The minimum absolute atomic E-state index is 0.0354. The molecule has 0 aliphatic heterocycles. The molecule has 0 atom stereocenters. The molecule has 1 aliphatic carbocycles. The van der Waals surface area contributed by atoms with Gasteiger partial charge in [-0.2, -0.15) is 0 Å². The van der Waals surface area contributed by atoms with Gasteiger partial charge in [-0.15, -0.1) is 11.3 Å². The van der Waals surface area contributed by atoms with Crippen LogP contribution in [-0.2, 0) is 24.2 Å². The predicted octanol–water partition coefficient (Wildman–Crippen LogP) is 1.93. The molecule has 0 unspecified atom stereocenters. The SMILES string of the molecule is CCCn1c(SCC(N)=O)nc2sc3c(c2c1=O)CCC3. The van der Waals surface area contributed by atoms with Crippen LogP contribution >= 0.6 is 23.1 Å². The van der Waals surface area contributed by atoms with E-state index >= 15 is 0 Å². The second-order valence-corrected chi connectivity index (χ2v) is 7.17. The number of thioether (sulfide) groups is 1. The van der Waals surface area contributed by atoms with Crippen LogP contribution in [0, 0.1) is 0 Å². The van der Waals surface area contributed by atoms with Gasteiger partial charge in [0.2, 0.25) is 5.91 Å². The van der Waals surface area contributed by atoms with E-state index in [9.17, 15) is 9.59 Å². The molecular formula is C14H17N3O2S2. The molecule has 2 aromatic heterocycles. The van der Waals surface area contributed by atoms with Crippen molar-refractivity contribution < 1.29 is 4.79 Å². The van der Waals surface area contributed by atoms with Crippen LogP contribution in [0.15, 0.2) is 9.95 Å². The Morgan fingerprint density at radius 2 is 2.29 bits per heavy atom. The van der Waals surface area contributed by atoms with Gasteiger partial charge in [0.25, 0.3) is 5.56 Å². The molecule has 7 heteroatoms. The first-order valence-corrected chi connectivity index (χ1v) is 8.88. The molecule has 2 N–H and O–H groups in total. The molecule has 3 rings (SSSR count). The Bertz CT molecular complexity index is 764. The highest BCUT2D eigenvalue weighted by Gasteiger charge is 2.23. The van der Waals surface area contributed by atoms with Gasteiger partial charge in [-0.05, 0) is 31.2 Å². The molecule has 0 saturated carbocycles. The summed E-state index contributed by atoms with van der Waals surface area (Å²) >= 11 is 2.87. The number of fused-ring (bicyclic) bond motifs is 3. The zero-order valence-corrected chi connectivity index (χ0v) is 13.5. The molecule has 21 heavy (non-hydrogen) atoms. The van der Waals surface area contributed by atoms with Gasteiger partial charge >= 0.3 is 0 Å². The Morgan fingerprint density at radius 1 is 1.48 bits per heavy atom. The van der Waals surface area contributed by atoms with Crippen LogP contribution in [0.2, 0.25) is 0 Å². The predicted molar refractivity (Wildman–Crippen MR) is 86.1 cm³/mol. The van der Waals surface area contributed by atoms with E-state index in [0.717, 1.165) is 35.9 Å². The van der Waals surface area contributed by atoms with E-state index in [1.165, 1.54) is 22.2 Å². The molecule has 0 fully saturated rings. The van der Waals surface area contributed by atoms with E-state index in [1.54, 1.807) is 15.9 Å². The highest BCUT2D eigenvalue weighted by Crippen LogP contribution is 2.35. The van der Waals surface area contributed by atoms with Crippen LogP contribution in [0.1, 0.15) is 30.2 Å². The number of carbonyl (C=O) groups excluding carboxylic acids is 1. The largest absolute Gasteiger partial charge is 0.369 e. The summed E-state index contributed by atoms with van der Waals surface area (Å²) in [6.45, 7) is 2.64. The number of aromatic nitrogens is 2. The molecular weight excluding hydrogens is 306 g/mol. The molecule has 1 amide bonds. The first kappa shape index (κ1) is 14.6. The van der Waals surface area contributed by atoms with Gasteiger partial charge in [-0.25, -0.2) is 4.98 Å². The maximum absolute atomic E-state index is 12.8. The second kappa shape index (κ2) is 5.81. The van der Waals surface area contributed by atoms with Gasteiger partial charge in [-0.1, -0.05) is 18.7 Å². The minimum Gasteiger partial charge on any atom is -0.369 e. The maximum Gasteiger partial charge on any atom is 0.263 e. The second-order valence-electron chi connectivity index (χ2n) is 5.14. The van der Waals surface area contributed by atoms with Crippen molar-refractivity contribution in [2.75, 3.05) is 5.75 Å². The van der Waals surface area contributed by atoms with E-state index in [4.69, 9.17) is 5.73 Å². The standard InChI is InChI=1S/C14H17N3O2S2/c1-2-6-17-13(19)11-8-4-3-5-9(8)21-12(11)16-14(17)20-7-10(15)18/h2-7H2,1H3,(H2,15,18). The lowest BCUT2D eigenvalue weighted by Crippen LogP contribution is -2.24. The van der Waals surface area contributed by atoms with Gasteiger partial charge in [0.15, 0.2) is 5.16 Å². The summed E-state index contributed by atoms with van der Waals surface area (Å²) in [5.41, 5.74) is 6.43. The zero-order valence-electron chi connectivity index (χ0n) is 11.8. The van der Waals surface area contributed by atoms with Crippen molar-refractivity contribution in [2.45, 2.75) is 44.3 Å². The number of hydrogen-bond donors (Lipinski definition) is 1. The smallest absolute Gasteiger partial charge is 0.263 e. The molecule has 5 nitrogen and oxygen atoms in total. The third kappa shape index (κ3) is 2.60. The van der Waals surface area contributed by atoms with Crippen molar-refractivity contribution in [3.05, 3.63) is 20.8 Å². The number of carbonyl (C=O) groups is 1. The number of amides is 1. The lowest BCUT2D eigenvalue weighted by Gasteiger charge is -2.10. The summed E-state index contributed by atoms with van der Waals surface area (Å²) in [5, 5.41) is 1.40. The van der Waals surface area contributed by atoms with Crippen molar-refractivity contribution in [1.82, 2.24) is 9.55 Å². The van der Waals surface area contributed by atoms with E-state index in [1.807, 2.05) is 6.92 Å². The summed E-state index contributed by atoms with van der Waals surface area (Å²) in [6, 6.07) is 0. The molecule has 112 valence electrons. The fraction of sp³-hybridized carbons (Fsp3) is 0.500. The quantitative estimate of drug-likeness (QED) is 0.674. The lowest BCUT2D eigenvalue weighted by molar-refractivity contribution is -0.115. The third-order valence-corrected chi connectivity index (χ3v) is 5.76. The first-order valence-electron chi connectivity index (χ1n) is 7.08. The molecule has 2 aromatic rings. The summed E-state index contributed by atoms with van der Waals surface area (Å²) in [5.74, 6) is -0.252. The Kier molecular flexibility index (Phi) is 4.03. The van der Waals surface area contributed by atoms with E-state index < -0.39 is 5.91 Å². The summed E-state index contributed by atoms with van der Waals surface area (Å²) in [7, 11) is 0. The third-order valence-electron chi connectivity index (χ3n) is 3.58. The topological polar surface area (TPSA) is 78.0 Å². The molecule has 0 aromatic carbocycles. The number of aryl methyl sites for hydroxylation is 2. The average Bonchev–Trinajstić information content (AvgIpc) is 2.99. The Morgan fingerprint density at radius 3 is 3.00 bits per heavy atom. The first-order chi connectivity index (χ1) is 10.1. The monoisotopic (exact) mass is 323 g/mol. The highest BCUT2D eigenvalue weighted by atomic mass is 32.2. The van der Waals surface area contributed by atoms with Gasteiger partial charge in [0.05, 0.1) is 11.1 Å². The number of thiophene rings is 1. The van der Waals surface area contributed by atoms with Crippen LogP contribution in [0.25, 0.3) is 10.2 Å². The Labute approximate surface area is 130 Å². The van der Waals surface area contributed by atoms with E-state index in [-0.39, 0.29) is 11.3 Å². The summed E-state index contributed by atoms with van der Waals surface area (Å²) in [4.78, 5) is 30.5. The summed E-state index contributed by atoms with van der Waals surface area (Å²) < 4.78 is 1.70. The molecule has 0 saturated heterocycles. The number of primary amides is 1. The number of nitrogens with zero attached hydrogens (tertiary/aromatic N) is 2. The van der Waals surface area contributed by atoms with E-state index in [0.29, 0.717) is 11.7 Å². The molecule has 0 spiro atoms. The molecule has 1 aliphatic rings. The van der Waals surface area contributed by atoms with Gasteiger partial charge in [-0.3, -0.25) is 14.2 Å². The minimum atomic E-state index is -0.397. The molecule has 0 radical (unpaired) electrons. The van der Waals surface area contributed by atoms with Crippen molar-refractivity contribution in [1.29, 1.82) is 0 Å². The van der Waals surface area contributed by atoms with Crippen LogP contribution < -0.4 is 11.3 Å². The van der Waals surface area contributed by atoms with Gasteiger partial charge in [0.1, 0.15) is 4.83 Å². The van der Waals surface area contributed by atoms with E-state index in [2.05, 4.69) is 4.98 Å². The Balaban J connectivity index is 2.16. The number of hydrogen-bond acceptors (Lipinski definition) is 5. The zero-order chi connectivity index (χ0) is 15.0. The van der Waals surface area contributed by atoms with Gasteiger partial charge in [0, 0.05) is 11.4 Å². The highest BCUT2D eigenvalue weighted by molar-refractivity contribution is 7.99. The van der Waals surface area contributed by atoms with Crippen LogP contribution in [-0.4, -0.2) is 21.2 Å². The molecule has 2 heterocycles. The number of rotatable bonds is 5. The fourth-order valence-electron chi connectivity index (χ4n) is 2.72. The lowest BCUT2D eigenvalue weighted by atomic mass is 10.2. The van der Waals surface area contributed by atoms with Crippen LogP contribution in [0.5, 0.6) is 0 Å². The van der Waals surface area contributed by atoms with Crippen molar-refractivity contribution in [3.63, 3.8) is 0 Å². The molecule has 0 bridgehead atoms. The number of nitrogens with two attached hydrogens (primary N) is 1. The van der Waals surface area contributed by atoms with Crippen LogP contribution in [0.3, 0.4) is 0 Å². The fourth-order valence-corrected chi connectivity index (χ4v) is 4.79. The van der Waals surface area contributed by atoms with Crippen molar-refractivity contribution >= 4 is 39.2 Å².